The maximum Gasteiger partial charge on any atom is 0.161 e. The van der Waals surface area contributed by atoms with Crippen LogP contribution in [0, 0.1) is 12.8 Å². The molecule has 1 saturated carbocycles. The molecule has 2 fully saturated rings. The van der Waals surface area contributed by atoms with Crippen LogP contribution in [-0.4, -0.2) is 44.4 Å². The minimum absolute atomic E-state index is 0.432. The van der Waals surface area contributed by atoms with E-state index in [0.29, 0.717) is 24.5 Å². The molecule has 0 N–H and O–H groups in total. The average Bonchev–Trinajstić information content (AvgIpc) is 3.32. The first-order valence-corrected chi connectivity index (χ1v) is 12.4. The van der Waals surface area contributed by atoms with Gasteiger partial charge in [-0.15, -0.1) is 0 Å². The Balaban J connectivity index is 1.20. The highest BCUT2D eigenvalue weighted by Gasteiger charge is 2.22. The molecule has 2 aromatic carbocycles. The molecular weight excluding hydrogens is 398 g/mol. The minimum Gasteiger partial charge on any atom is -0.493 e. The molecule has 0 amide bonds. The molecule has 32 heavy (non-hydrogen) atoms. The van der Waals surface area contributed by atoms with Crippen LogP contribution in [0.25, 0.3) is 0 Å². The molecule has 4 rings (SSSR count). The van der Waals surface area contributed by atoms with E-state index in [-0.39, 0.29) is 0 Å². The predicted octanol–water partition coefficient (Wildman–Crippen LogP) is 6.22. The summed E-state index contributed by atoms with van der Waals surface area (Å²) in [5, 5.41) is 0. The molecule has 0 aromatic heterocycles. The van der Waals surface area contributed by atoms with Crippen molar-refractivity contribution in [3.05, 3.63) is 53.6 Å². The van der Waals surface area contributed by atoms with E-state index in [1.54, 1.807) is 7.11 Å². The third kappa shape index (κ3) is 6.19. The molecule has 0 radical (unpaired) electrons. The van der Waals surface area contributed by atoms with Crippen LogP contribution in [0.2, 0.25) is 0 Å². The molecule has 0 unspecified atom stereocenters. The van der Waals surface area contributed by atoms with Crippen LogP contribution in [0.5, 0.6) is 17.2 Å². The highest BCUT2D eigenvalue weighted by molar-refractivity contribution is 5.42. The van der Waals surface area contributed by atoms with Gasteiger partial charge in [-0.1, -0.05) is 25.1 Å². The Bertz CT molecular complexity index is 836. The molecule has 2 aliphatic rings. The van der Waals surface area contributed by atoms with Crippen molar-refractivity contribution in [1.82, 2.24) is 4.90 Å². The number of rotatable bonds is 9. The van der Waals surface area contributed by atoms with Crippen LogP contribution in [0.15, 0.2) is 42.5 Å². The summed E-state index contributed by atoms with van der Waals surface area (Å²) >= 11 is 0. The summed E-state index contributed by atoms with van der Waals surface area (Å²) < 4.78 is 17.7. The SMILES string of the molecule is COc1ccc(C)cc1OC[C@@H](C)CN1CCC(c2ccc(OC3CCCC3)cc2)CC1. The highest BCUT2D eigenvalue weighted by Crippen LogP contribution is 2.31. The summed E-state index contributed by atoms with van der Waals surface area (Å²) in [7, 11) is 1.70. The Labute approximate surface area is 193 Å². The first kappa shape index (κ1) is 23.0. The van der Waals surface area contributed by atoms with Crippen LogP contribution in [-0.2, 0) is 0 Å². The standard InChI is InChI=1S/C28H39NO3/c1-21-8-13-27(30-3)28(18-21)31-20-22(2)19-29-16-14-24(15-17-29)23-9-11-26(12-10-23)32-25-6-4-5-7-25/h8-13,18,22,24-25H,4-7,14-17,19-20H2,1-3H3/t22-/m0/s1. The fourth-order valence-electron chi connectivity index (χ4n) is 5.09. The molecule has 1 saturated heterocycles. The van der Waals surface area contributed by atoms with Crippen LogP contribution >= 0.6 is 0 Å². The second-order valence-electron chi connectivity index (χ2n) is 9.74. The minimum atomic E-state index is 0.432. The van der Waals surface area contributed by atoms with Gasteiger partial charge in [-0.05, 0) is 99.8 Å². The summed E-state index contributed by atoms with van der Waals surface area (Å²) in [4.78, 5) is 2.59. The monoisotopic (exact) mass is 437 g/mol. The first-order valence-electron chi connectivity index (χ1n) is 12.4. The number of likely N-dealkylation sites (tertiary alicyclic amines) is 1. The molecule has 0 bridgehead atoms. The molecule has 1 aliphatic carbocycles. The van der Waals surface area contributed by atoms with E-state index in [0.717, 1.165) is 36.9 Å². The van der Waals surface area contributed by atoms with Gasteiger partial charge in [-0.3, -0.25) is 0 Å². The highest BCUT2D eigenvalue weighted by atomic mass is 16.5. The maximum atomic E-state index is 6.13. The van der Waals surface area contributed by atoms with Gasteiger partial charge >= 0.3 is 0 Å². The number of nitrogens with zero attached hydrogens (tertiary/aromatic N) is 1. The number of piperidine rings is 1. The number of aryl methyl sites for hydroxylation is 1. The third-order valence-corrected chi connectivity index (χ3v) is 6.96. The Kier molecular flexibility index (Phi) is 7.96. The van der Waals surface area contributed by atoms with E-state index >= 15 is 0 Å². The third-order valence-electron chi connectivity index (χ3n) is 6.96. The Morgan fingerprint density at radius 1 is 0.938 bits per heavy atom. The van der Waals surface area contributed by atoms with E-state index in [1.807, 2.05) is 6.07 Å². The first-order chi connectivity index (χ1) is 15.6. The zero-order chi connectivity index (χ0) is 22.3. The van der Waals surface area contributed by atoms with Crippen LogP contribution in [0.4, 0.5) is 0 Å². The molecule has 1 aliphatic heterocycles. The molecule has 4 heteroatoms. The van der Waals surface area contributed by atoms with Crippen molar-refractivity contribution >= 4 is 0 Å². The lowest BCUT2D eigenvalue weighted by atomic mass is 9.89. The zero-order valence-corrected chi connectivity index (χ0v) is 20.0. The summed E-state index contributed by atoms with van der Waals surface area (Å²) in [6.45, 7) is 8.46. The van der Waals surface area contributed by atoms with Gasteiger partial charge in [-0.2, -0.15) is 0 Å². The molecule has 4 nitrogen and oxygen atoms in total. The predicted molar refractivity (Wildman–Crippen MR) is 130 cm³/mol. The number of benzene rings is 2. The Hall–Kier alpha value is -2.20. The molecule has 2 aromatic rings. The summed E-state index contributed by atoms with van der Waals surface area (Å²) in [6.07, 6.45) is 7.93. The molecule has 174 valence electrons. The van der Waals surface area contributed by atoms with E-state index in [9.17, 15) is 0 Å². The molecular formula is C28H39NO3. The van der Waals surface area contributed by atoms with Crippen molar-refractivity contribution in [1.29, 1.82) is 0 Å². The lowest BCUT2D eigenvalue weighted by Gasteiger charge is -2.33. The Morgan fingerprint density at radius 2 is 1.66 bits per heavy atom. The van der Waals surface area contributed by atoms with Gasteiger partial charge in [0.2, 0.25) is 0 Å². The van der Waals surface area contributed by atoms with E-state index in [2.05, 4.69) is 55.1 Å². The van der Waals surface area contributed by atoms with Gasteiger partial charge in [0.15, 0.2) is 11.5 Å². The smallest absolute Gasteiger partial charge is 0.161 e. The topological polar surface area (TPSA) is 30.9 Å². The summed E-state index contributed by atoms with van der Waals surface area (Å²) in [6, 6.07) is 15.0. The van der Waals surface area contributed by atoms with E-state index in [4.69, 9.17) is 14.2 Å². The van der Waals surface area contributed by atoms with E-state index < -0.39 is 0 Å². The van der Waals surface area contributed by atoms with Crippen LogP contribution in [0.1, 0.15) is 62.5 Å². The molecule has 0 spiro atoms. The zero-order valence-electron chi connectivity index (χ0n) is 20.0. The number of ether oxygens (including phenoxy) is 3. The van der Waals surface area contributed by atoms with E-state index in [1.165, 1.54) is 49.7 Å². The average molecular weight is 438 g/mol. The van der Waals surface area contributed by atoms with Crippen molar-refractivity contribution in [3.63, 3.8) is 0 Å². The molecule has 1 heterocycles. The Morgan fingerprint density at radius 3 is 2.34 bits per heavy atom. The largest absolute Gasteiger partial charge is 0.493 e. The lowest BCUT2D eigenvalue weighted by molar-refractivity contribution is 0.155. The van der Waals surface area contributed by atoms with Gasteiger partial charge in [0, 0.05) is 12.5 Å². The fourth-order valence-corrected chi connectivity index (χ4v) is 5.09. The number of hydrogen-bond donors (Lipinski definition) is 0. The second kappa shape index (κ2) is 11.1. The van der Waals surface area contributed by atoms with Crippen LogP contribution in [0.3, 0.4) is 0 Å². The van der Waals surface area contributed by atoms with Gasteiger partial charge < -0.3 is 19.1 Å². The van der Waals surface area contributed by atoms with Crippen molar-refractivity contribution in [3.8, 4) is 17.2 Å². The van der Waals surface area contributed by atoms with Gasteiger partial charge in [-0.25, -0.2) is 0 Å². The lowest BCUT2D eigenvalue weighted by Crippen LogP contribution is -2.37. The molecule has 1 atom stereocenters. The quantitative estimate of drug-likeness (QED) is 0.466. The van der Waals surface area contributed by atoms with Crippen molar-refractivity contribution in [2.24, 2.45) is 5.92 Å². The maximum absolute atomic E-state index is 6.13. The van der Waals surface area contributed by atoms with Crippen molar-refractivity contribution in [2.75, 3.05) is 33.4 Å². The van der Waals surface area contributed by atoms with Gasteiger partial charge in [0.05, 0.1) is 19.8 Å². The number of hydrogen-bond acceptors (Lipinski definition) is 4. The van der Waals surface area contributed by atoms with Crippen molar-refractivity contribution < 1.29 is 14.2 Å². The van der Waals surface area contributed by atoms with Crippen LogP contribution < -0.4 is 14.2 Å². The van der Waals surface area contributed by atoms with Gasteiger partial charge in [0.1, 0.15) is 5.75 Å². The van der Waals surface area contributed by atoms with Crippen molar-refractivity contribution in [2.45, 2.75) is 64.4 Å². The normalized spacial score (nSPS) is 19.1. The number of methoxy groups -OCH3 is 1. The fraction of sp³-hybridized carbons (Fsp3) is 0.571. The van der Waals surface area contributed by atoms with Gasteiger partial charge in [0.25, 0.3) is 0 Å². The summed E-state index contributed by atoms with van der Waals surface area (Å²) in [5.74, 6) is 3.83. The second-order valence-corrected chi connectivity index (χ2v) is 9.74. The summed E-state index contributed by atoms with van der Waals surface area (Å²) in [5.41, 5.74) is 2.65.